The summed E-state index contributed by atoms with van der Waals surface area (Å²) in [5.41, 5.74) is 2.90. The molecule has 0 aliphatic carbocycles. The number of aromatic amines is 1. The van der Waals surface area contributed by atoms with E-state index in [0.717, 1.165) is 35.3 Å². The van der Waals surface area contributed by atoms with Crippen molar-refractivity contribution in [3.05, 3.63) is 83.7 Å². The molecule has 188 valence electrons. The van der Waals surface area contributed by atoms with Gasteiger partial charge in [0, 0.05) is 44.7 Å². The third-order valence-electron chi connectivity index (χ3n) is 7.91. The van der Waals surface area contributed by atoms with Gasteiger partial charge in [-0.2, -0.15) is 5.10 Å². The second kappa shape index (κ2) is 10.6. The van der Waals surface area contributed by atoms with Crippen molar-refractivity contribution in [1.82, 2.24) is 20.0 Å². The molecule has 0 saturated carbocycles. The SMILES string of the molecule is COc1cccc(C2CN(Cc3ccccc3)C(=O)C23CCN(C(=O)CCCc2cn[nH]c2)CC3)c1. The fourth-order valence-electron chi connectivity index (χ4n) is 5.90. The Balaban J connectivity index is 1.31. The van der Waals surface area contributed by atoms with Gasteiger partial charge in [-0.15, -0.1) is 0 Å². The lowest BCUT2D eigenvalue weighted by atomic mass is 9.68. The zero-order valence-electron chi connectivity index (χ0n) is 20.9. The predicted octanol–water partition coefficient (Wildman–Crippen LogP) is 4.18. The molecule has 5 rings (SSSR count). The largest absolute Gasteiger partial charge is 0.497 e. The van der Waals surface area contributed by atoms with E-state index >= 15 is 0 Å². The number of hydrogen-bond donors (Lipinski definition) is 1. The Morgan fingerprint density at radius 1 is 1.11 bits per heavy atom. The molecule has 2 aliphatic rings. The summed E-state index contributed by atoms with van der Waals surface area (Å²) in [5, 5.41) is 6.79. The Kier molecular flexibility index (Phi) is 7.07. The predicted molar refractivity (Wildman–Crippen MR) is 137 cm³/mol. The quantitative estimate of drug-likeness (QED) is 0.518. The highest BCUT2D eigenvalue weighted by atomic mass is 16.5. The first-order valence-corrected chi connectivity index (χ1v) is 12.8. The van der Waals surface area contributed by atoms with Crippen LogP contribution in [0.15, 0.2) is 67.0 Å². The van der Waals surface area contributed by atoms with Crippen molar-refractivity contribution in [2.24, 2.45) is 5.41 Å². The number of carbonyl (C=O) groups is 2. The summed E-state index contributed by atoms with van der Waals surface area (Å²) in [6, 6.07) is 18.3. The lowest BCUT2D eigenvalue weighted by Gasteiger charge is -2.41. The van der Waals surface area contributed by atoms with Gasteiger partial charge in [0.2, 0.25) is 11.8 Å². The van der Waals surface area contributed by atoms with Crippen LogP contribution in [0, 0.1) is 5.41 Å². The molecule has 2 amide bonds. The summed E-state index contributed by atoms with van der Waals surface area (Å²) in [4.78, 5) is 30.9. The number of aryl methyl sites for hydroxylation is 1. The number of amides is 2. The minimum Gasteiger partial charge on any atom is -0.497 e. The van der Waals surface area contributed by atoms with E-state index in [-0.39, 0.29) is 17.7 Å². The summed E-state index contributed by atoms with van der Waals surface area (Å²) in [5.74, 6) is 1.27. The topological polar surface area (TPSA) is 78.5 Å². The van der Waals surface area contributed by atoms with Gasteiger partial charge < -0.3 is 14.5 Å². The standard InChI is InChI=1S/C29H34N4O3/c1-36-25-11-6-10-24(17-25)26-21-33(20-22-7-3-2-4-8-22)28(35)29(26)13-15-32(16-14-29)27(34)12-5-9-23-18-30-31-19-23/h2-4,6-8,10-11,17-19,26H,5,9,12-16,20-21H2,1H3,(H,30,31). The number of H-pyrrole nitrogens is 1. The Bertz CT molecular complexity index is 1170. The Morgan fingerprint density at radius 2 is 1.92 bits per heavy atom. The fraction of sp³-hybridized carbons (Fsp3) is 0.414. The average Bonchev–Trinajstić information content (AvgIpc) is 3.53. The third-order valence-corrected chi connectivity index (χ3v) is 7.91. The second-order valence-electron chi connectivity index (χ2n) is 10.00. The molecule has 2 saturated heterocycles. The molecule has 36 heavy (non-hydrogen) atoms. The van der Waals surface area contributed by atoms with Crippen LogP contribution in [-0.4, -0.2) is 58.6 Å². The molecule has 7 nitrogen and oxygen atoms in total. The maximum atomic E-state index is 14.0. The van der Waals surface area contributed by atoms with Crippen LogP contribution in [0.2, 0.25) is 0 Å². The zero-order valence-corrected chi connectivity index (χ0v) is 20.9. The van der Waals surface area contributed by atoms with E-state index < -0.39 is 5.41 Å². The number of aromatic nitrogens is 2. The Hall–Kier alpha value is -3.61. The van der Waals surface area contributed by atoms with Crippen LogP contribution in [-0.2, 0) is 22.6 Å². The maximum Gasteiger partial charge on any atom is 0.229 e. The monoisotopic (exact) mass is 486 g/mol. The molecular formula is C29H34N4O3. The summed E-state index contributed by atoms with van der Waals surface area (Å²) in [7, 11) is 1.67. The van der Waals surface area contributed by atoms with Crippen molar-refractivity contribution < 1.29 is 14.3 Å². The van der Waals surface area contributed by atoms with Crippen LogP contribution in [0.5, 0.6) is 5.75 Å². The molecule has 3 aromatic rings. The van der Waals surface area contributed by atoms with Crippen LogP contribution in [0.3, 0.4) is 0 Å². The Labute approximate surface area is 212 Å². The molecule has 0 bridgehead atoms. The van der Waals surface area contributed by atoms with Crippen molar-refractivity contribution in [3.8, 4) is 5.75 Å². The first kappa shape index (κ1) is 24.1. The molecule has 2 aromatic carbocycles. The second-order valence-corrected chi connectivity index (χ2v) is 10.00. The molecule has 7 heteroatoms. The number of rotatable bonds is 8. The van der Waals surface area contributed by atoms with Crippen molar-refractivity contribution in [2.75, 3.05) is 26.7 Å². The van der Waals surface area contributed by atoms with Crippen molar-refractivity contribution in [2.45, 2.75) is 44.6 Å². The number of nitrogens with zero attached hydrogens (tertiary/aromatic N) is 3. The van der Waals surface area contributed by atoms with E-state index in [4.69, 9.17) is 4.74 Å². The van der Waals surface area contributed by atoms with Gasteiger partial charge in [0.15, 0.2) is 0 Å². The van der Waals surface area contributed by atoms with E-state index in [0.29, 0.717) is 45.4 Å². The first-order valence-electron chi connectivity index (χ1n) is 12.8. The van der Waals surface area contributed by atoms with E-state index in [9.17, 15) is 9.59 Å². The highest BCUT2D eigenvalue weighted by Gasteiger charge is 2.55. The highest BCUT2D eigenvalue weighted by Crippen LogP contribution is 2.51. The molecule has 0 radical (unpaired) electrons. The van der Waals surface area contributed by atoms with Crippen molar-refractivity contribution >= 4 is 11.8 Å². The number of benzene rings is 2. The molecule has 2 fully saturated rings. The molecule has 1 unspecified atom stereocenters. The van der Waals surface area contributed by atoms with Crippen molar-refractivity contribution in [1.29, 1.82) is 0 Å². The van der Waals surface area contributed by atoms with E-state index in [1.165, 1.54) is 0 Å². The van der Waals surface area contributed by atoms with Gasteiger partial charge in [0.1, 0.15) is 5.75 Å². The van der Waals surface area contributed by atoms with Crippen LogP contribution >= 0.6 is 0 Å². The van der Waals surface area contributed by atoms with E-state index in [2.05, 4.69) is 34.5 Å². The fourth-order valence-corrected chi connectivity index (χ4v) is 5.90. The van der Waals surface area contributed by atoms with Crippen molar-refractivity contribution in [3.63, 3.8) is 0 Å². The molecular weight excluding hydrogens is 452 g/mol. The van der Waals surface area contributed by atoms with Gasteiger partial charge in [-0.1, -0.05) is 42.5 Å². The van der Waals surface area contributed by atoms with Gasteiger partial charge >= 0.3 is 0 Å². The lowest BCUT2D eigenvalue weighted by molar-refractivity contribution is -0.143. The molecule has 2 aliphatic heterocycles. The average molecular weight is 487 g/mol. The summed E-state index contributed by atoms with van der Waals surface area (Å²) in [6.45, 7) is 2.53. The minimum atomic E-state index is -0.491. The van der Waals surface area contributed by atoms with Crippen LogP contribution in [0.25, 0.3) is 0 Å². The van der Waals surface area contributed by atoms with Gasteiger partial charge in [0.05, 0.1) is 18.7 Å². The number of nitrogens with one attached hydrogen (secondary N) is 1. The molecule has 1 atom stereocenters. The molecule has 1 spiro atoms. The Morgan fingerprint density at radius 3 is 2.64 bits per heavy atom. The molecule has 1 aromatic heterocycles. The summed E-state index contributed by atoms with van der Waals surface area (Å²) in [6.07, 6.45) is 7.22. The van der Waals surface area contributed by atoms with Crippen LogP contribution < -0.4 is 4.74 Å². The third kappa shape index (κ3) is 4.87. The van der Waals surface area contributed by atoms with E-state index in [1.807, 2.05) is 46.3 Å². The van der Waals surface area contributed by atoms with Crippen LogP contribution in [0.4, 0.5) is 0 Å². The summed E-state index contributed by atoms with van der Waals surface area (Å²) >= 11 is 0. The smallest absolute Gasteiger partial charge is 0.229 e. The zero-order chi connectivity index (χ0) is 25.0. The van der Waals surface area contributed by atoms with E-state index in [1.54, 1.807) is 13.3 Å². The van der Waals surface area contributed by atoms with Gasteiger partial charge in [-0.25, -0.2) is 0 Å². The number of ether oxygens (including phenoxy) is 1. The minimum absolute atomic E-state index is 0.0714. The number of likely N-dealkylation sites (tertiary alicyclic amines) is 2. The number of methoxy groups -OCH3 is 1. The normalized spacial score (nSPS) is 19.1. The number of piperidine rings is 1. The molecule has 1 N–H and O–H groups in total. The molecule has 3 heterocycles. The number of carbonyl (C=O) groups excluding carboxylic acids is 2. The summed E-state index contributed by atoms with van der Waals surface area (Å²) < 4.78 is 5.50. The maximum absolute atomic E-state index is 14.0. The highest BCUT2D eigenvalue weighted by molar-refractivity contribution is 5.87. The van der Waals surface area contributed by atoms with Gasteiger partial charge in [-0.05, 0) is 54.5 Å². The van der Waals surface area contributed by atoms with Crippen LogP contribution in [0.1, 0.15) is 48.3 Å². The van der Waals surface area contributed by atoms with Gasteiger partial charge in [0.25, 0.3) is 0 Å². The lowest BCUT2D eigenvalue weighted by Crippen LogP contribution is -2.48. The van der Waals surface area contributed by atoms with Gasteiger partial charge in [-0.3, -0.25) is 14.7 Å². The number of hydrogen-bond acceptors (Lipinski definition) is 4. The first-order chi connectivity index (χ1) is 17.6.